The van der Waals surface area contributed by atoms with Crippen LogP contribution in [0.1, 0.15) is 0 Å². The number of aromatic nitrogens is 1. The molecular formula is C51H33N. The van der Waals surface area contributed by atoms with Gasteiger partial charge in [0.25, 0.3) is 0 Å². The van der Waals surface area contributed by atoms with Crippen molar-refractivity contribution in [3.05, 3.63) is 200 Å². The van der Waals surface area contributed by atoms with E-state index >= 15 is 0 Å². The lowest BCUT2D eigenvalue weighted by Gasteiger charge is -2.20. The van der Waals surface area contributed by atoms with E-state index in [-0.39, 0.29) is 0 Å². The number of fused-ring (bicyclic) bond motifs is 5. The Bertz CT molecular complexity index is 2940. The van der Waals surface area contributed by atoms with Crippen LogP contribution in [0.25, 0.3) is 98.9 Å². The summed E-state index contributed by atoms with van der Waals surface area (Å²) in [5, 5.41) is 8.56. The second-order valence-electron chi connectivity index (χ2n) is 13.5. The molecule has 0 unspecified atom stereocenters. The molecule has 9 aromatic carbocycles. The fraction of sp³-hybridized carbons (Fsp3) is 0. The van der Waals surface area contributed by atoms with Crippen molar-refractivity contribution < 1.29 is 0 Å². The van der Waals surface area contributed by atoms with Crippen LogP contribution in [-0.4, -0.2) is 4.98 Å². The Labute approximate surface area is 303 Å². The second kappa shape index (κ2) is 12.5. The summed E-state index contributed by atoms with van der Waals surface area (Å²) < 4.78 is 0. The highest BCUT2D eigenvalue weighted by molar-refractivity contribution is 6.23. The number of pyridine rings is 1. The summed E-state index contributed by atoms with van der Waals surface area (Å²) in [6.45, 7) is 0. The molecule has 0 aliphatic carbocycles. The Balaban J connectivity index is 1.30. The normalized spacial score (nSPS) is 11.5. The van der Waals surface area contributed by atoms with Crippen molar-refractivity contribution in [3.63, 3.8) is 0 Å². The Morgan fingerprint density at radius 1 is 0.250 bits per heavy atom. The fourth-order valence-corrected chi connectivity index (χ4v) is 8.10. The average molecular weight is 660 g/mol. The lowest BCUT2D eigenvalue weighted by molar-refractivity contribution is 1.42. The van der Waals surface area contributed by atoms with Crippen LogP contribution >= 0.6 is 0 Å². The zero-order chi connectivity index (χ0) is 34.4. The first-order valence-electron chi connectivity index (χ1n) is 17.9. The molecule has 10 aromatic rings. The van der Waals surface area contributed by atoms with Gasteiger partial charge in [-0.2, -0.15) is 0 Å². The van der Waals surface area contributed by atoms with Crippen molar-refractivity contribution in [2.45, 2.75) is 0 Å². The standard InChI is InChI=1S/C51H33N/c1-3-14-34(15-4-1)36-18-11-20-39(30-36)50-44-24-9-10-25-45(44)51(40-21-12-19-37(31-40)35-16-5-2-6-17-35)48-32-38(27-28-46(48)50)47-33-49-43(26-13-29-52-49)41-22-7-8-23-42(41)47/h1-33H. The van der Waals surface area contributed by atoms with E-state index in [1.54, 1.807) is 0 Å². The Morgan fingerprint density at radius 2 is 0.731 bits per heavy atom. The fourth-order valence-electron chi connectivity index (χ4n) is 8.10. The predicted molar refractivity (Wildman–Crippen MR) is 221 cm³/mol. The Morgan fingerprint density at radius 3 is 1.37 bits per heavy atom. The third-order valence-electron chi connectivity index (χ3n) is 10.5. The van der Waals surface area contributed by atoms with Gasteiger partial charge in [0.1, 0.15) is 0 Å². The van der Waals surface area contributed by atoms with Crippen molar-refractivity contribution >= 4 is 43.2 Å². The maximum atomic E-state index is 4.81. The third-order valence-corrected chi connectivity index (χ3v) is 10.5. The van der Waals surface area contributed by atoms with Gasteiger partial charge >= 0.3 is 0 Å². The van der Waals surface area contributed by atoms with Gasteiger partial charge in [0.2, 0.25) is 0 Å². The molecule has 0 bridgehead atoms. The highest BCUT2D eigenvalue weighted by Gasteiger charge is 2.19. The topological polar surface area (TPSA) is 12.9 Å². The highest BCUT2D eigenvalue weighted by atomic mass is 14.6. The summed E-state index contributed by atoms with van der Waals surface area (Å²) in [4.78, 5) is 4.81. The van der Waals surface area contributed by atoms with Crippen LogP contribution in [0.2, 0.25) is 0 Å². The SMILES string of the molecule is c1ccc(-c2cccc(-c3c4ccccc4c(-c4cccc(-c5ccccc5)c4)c4cc(-c5cc6ncccc6c6ccccc56)ccc34)c2)cc1. The van der Waals surface area contributed by atoms with Gasteiger partial charge in [0.15, 0.2) is 0 Å². The van der Waals surface area contributed by atoms with Crippen LogP contribution in [0.4, 0.5) is 0 Å². The summed E-state index contributed by atoms with van der Waals surface area (Å²) in [5.74, 6) is 0. The van der Waals surface area contributed by atoms with E-state index in [0.29, 0.717) is 0 Å². The average Bonchev–Trinajstić information content (AvgIpc) is 3.23. The zero-order valence-corrected chi connectivity index (χ0v) is 28.5. The molecule has 0 aliphatic heterocycles. The maximum absolute atomic E-state index is 4.81. The van der Waals surface area contributed by atoms with E-state index in [1.807, 2.05) is 12.3 Å². The van der Waals surface area contributed by atoms with E-state index in [9.17, 15) is 0 Å². The van der Waals surface area contributed by atoms with Crippen LogP contribution in [0.5, 0.6) is 0 Å². The molecule has 10 rings (SSSR count). The molecule has 1 nitrogen and oxygen atoms in total. The molecule has 0 N–H and O–H groups in total. The molecular weight excluding hydrogens is 627 g/mol. The molecule has 1 heteroatoms. The largest absolute Gasteiger partial charge is 0.256 e. The molecule has 0 saturated carbocycles. The van der Waals surface area contributed by atoms with Crippen LogP contribution in [0, 0.1) is 0 Å². The van der Waals surface area contributed by atoms with Gasteiger partial charge in [-0.25, -0.2) is 0 Å². The minimum atomic E-state index is 1.00. The van der Waals surface area contributed by atoms with Crippen molar-refractivity contribution in [2.75, 3.05) is 0 Å². The Kier molecular flexibility index (Phi) is 7.22. The number of rotatable bonds is 5. The van der Waals surface area contributed by atoms with E-state index in [0.717, 1.165) is 5.52 Å². The molecule has 0 spiro atoms. The smallest absolute Gasteiger partial charge is 0.0714 e. The first kappa shape index (κ1) is 30.0. The summed E-state index contributed by atoms with van der Waals surface area (Å²) in [7, 11) is 0. The summed E-state index contributed by atoms with van der Waals surface area (Å²) in [6, 6.07) is 70.6. The summed E-state index contributed by atoms with van der Waals surface area (Å²) >= 11 is 0. The Hall–Kier alpha value is -6.83. The van der Waals surface area contributed by atoms with Gasteiger partial charge in [0, 0.05) is 11.6 Å². The molecule has 0 saturated heterocycles. The first-order valence-corrected chi connectivity index (χ1v) is 17.9. The molecule has 0 amide bonds. The molecule has 1 aromatic heterocycles. The van der Waals surface area contributed by atoms with E-state index in [4.69, 9.17) is 4.98 Å². The molecule has 0 fully saturated rings. The number of hydrogen-bond acceptors (Lipinski definition) is 1. The molecule has 0 atom stereocenters. The minimum Gasteiger partial charge on any atom is -0.256 e. The van der Waals surface area contributed by atoms with Crippen molar-refractivity contribution in [1.29, 1.82) is 0 Å². The van der Waals surface area contributed by atoms with Crippen LogP contribution in [-0.2, 0) is 0 Å². The minimum absolute atomic E-state index is 1.00. The van der Waals surface area contributed by atoms with E-state index < -0.39 is 0 Å². The molecule has 0 radical (unpaired) electrons. The van der Waals surface area contributed by atoms with Crippen LogP contribution in [0.15, 0.2) is 200 Å². The number of hydrogen-bond donors (Lipinski definition) is 0. The highest BCUT2D eigenvalue weighted by Crippen LogP contribution is 2.46. The molecule has 1 heterocycles. The number of nitrogens with zero attached hydrogens (tertiary/aromatic N) is 1. The van der Waals surface area contributed by atoms with Crippen LogP contribution < -0.4 is 0 Å². The molecule has 52 heavy (non-hydrogen) atoms. The first-order chi connectivity index (χ1) is 25.8. The summed E-state index contributed by atoms with van der Waals surface area (Å²) in [6.07, 6.45) is 1.89. The third kappa shape index (κ3) is 5.06. The lowest BCUT2D eigenvalue weighted by atomic mass is 9.83. The number of benzene rings is 9. The van der Waals surface area contributed by atoms with Crippen LogP contribution in [0.3, 0.4) is 0 Å². The summed E-state index contributed by atoms with van der Waals surface area (Å²) in [5.41, 5.74) is 13.1. The lowest BCUT2D eigenvalue weighted by Crippen LogP contribution is -1.93. The van der Waals surface area contributed by atoms with Crippen molar-refractivity contribution in [2.24, 2.45) is 0 Å². The van der Waals surface area contributed by atoms with Gasteiger partial charge in [-0.1, -0.05) is 164 Å². The van der Waals surface area contributed by atoms with Gasteiger partial charge < -0.3 is 0 Å². The van der Waals surface area contributed by atoms with E-state index in [1.165, 1.54) is 93.3 Å². The molecule has 0 aliphatic rings. The second-order valence-corrected chi connectivity index (χ2v) is 13.5. The van der Waals surface area contributed by atoms with Crippen molar-refractivity contribution in [3.8, 4) is 55.6 Å². The predicted octanol–water partition coefficient (Wildman–Crippen LogP) is 14.0. The van der Waals surface area contributed by atoms with Gasteiger partial charge in [-0.05, 0) is 118 Å². The van der Waals surface area contributed by atoms with E-state index in [2.05, 4.69) is 188 Å². The quantitative estimate of drug-likeness (QED) is 0.132. The zero-order valence-electron chi connectivity index (χ0n) is 28.5. The molecule has 242 valence electrons. The maximum Gasteiger partial charge on any atom is 0.0714 e. The van der Waals surface area contributed by atoms with Gasteiger partial charge in [-0.15, -0.1) is 0 Å². The van der Waals surface area contributed by atoms with Gasteiger partial charge in [0.05, 0.1) is 5.52 Å². The van der Waals surface area contributed by atoms with Gasteiger partial charge in [-0.3, -0.25) is 4.98 Å². The van der Waals surface area contributed by atoms with Crippen molar-refractivity contribution in [1.82, 2.24) is 4.98 Å². The monoisotopic (exact) mass is 659 g/mol.